The van der Waals surface area contributed by atoms with Gasteiger partial charge in [0.25, 0.3) is 0 Å². The van der Waals surface area contributed by atoms with Gasteiger partial charge in [0.05, 0.1) is 12.0 Å². The summed E-state index contributed by atoms with van der Waals surface area (Å²) in [4.78, 5) is 12.3. The molecule has 5 heteroatoms. The SMILES string of the molecule is CCOc1ccc(NC(=O)C2(CN)CC(C)C2)cc1F. The lowest BCUT2D eigenvalue weighted by atomic mass is 9.62. The van der Waals surface area contributed by atoms with E-state index in [4.69, 9.17) is 10.5 Å². The van der Waals surface area contributed by atoms with Crippen molar-refractivity contribution < 1.29 is 13.9 Å². The van der Waals surface area contributed by atoms with E-state index in [1.54, 1.807) is 13.0 Å². The Balaban J connectivity index is 2.06. The molecule has 0 bridgehead atoms. The third-order valence-corrected chi connectivity index (χ3v) is 3.84. The zero-order chi connectivity index (χ0) is 14.8. The van der Waals surface area contributed by atoms with Crippen LogP contribution in [0.1, 0.15) is 26.7 Å². The molecule has 1 aromatic carbocycles. The van der Waals surface area contributed by atoms with Gasteiger partial charge in [0.15, 0.2) is 11.6 Å². The van der Waals surface area contributed by atoms with E-state index >= 15 is 0 Å². The minimum absolute atomic E-state index is 0.123. The molecule has 1 aliphatic rings. The molecule has 0 aliphatic heterocycles. The van der Waals surface area contributed by atoms with E-state index in [1.807, 2.05) is 0 Å². The first kappa shape index (κ1) is 14.8. The first-order chi connectivity index (χ1) is 9.50. The minimum Gasteiger partial charge on any atom is -0.491 e. The summed E-state index contributed by atoms with van der Waals surface area (Å²) in [6, 6.07) is 4.43. The summed E-state index contributed by atoms with van der Waals surface area (Å²) >= 11 is 0. The van der Waals surface area contributed by atoms with E-state index in [2.05, 4.69) is 12.2 Å². The summed E-state index contributed by atoms with van der Waals surface area (Å²) in [5, 5.41) is 2.75. The first-order valence-electron chi connectivity index (χ1n) is 6.94. The predicted octanol–water partition coefficient (Wildman–Crippen LogP) is 2.54. The number of halogens is 1. The Bertz CT molecular complexity index is 499. The number of benzene rings is 1. The Kier molecular flexibility index (Phi) is 4.28. The monoisotopic (exact) mass is 280 g/mol. The Morgan fingerprint density at radius 2 is 2.25 bits per heavy atom. The molecular weight excluding hydrogens is 259 g/mol. The molecule has 110 valence electrons. The Morgan fingerprint density at radius 1 is 1.55 bits per heavy atom. The number of amides is 1. The number of hydrogen-bond acceptors (Lipinski definition) is 3. The van der Waals surface area contributed by atoms with Gasteiger partial charge in [-0.15, -0.1) is 0 Å². The predicted molar refractivity (Wildman–Crippen MR) is 76.1 cm³/mol. The first-order valence-corrected chi connectivity index (χ1v) is 6.94. The second-order valence-electron chi connectivity index (χ2n) is 5.53. The Hall–Kier alpha value is -1.62. The number of nitrogens with one attached hydrogen (secondary N) is 1. The highest BCUT2D eigenvalue weighted by Gasteiger charge is 2.47. The van der Waals surface area contributed by atoms with Crippen LogP contribution >= 0.6 is 0 Å². The van der Waals surface area contributed by atoms with Gasteiger partial charge in [-0.05, 0) is 37.8 Å². The summed E-state index contributed by atoms with van der Waals surface area (Å²) in [6.07, 6.45) is 1.57. The van der Waals surface area contributed by atoms with E-state index in [0.29, 0.717) is 24.8 Å². The van der Waals surface area contributed by atoms with E-state index in [9.17, 15) is 9.18 Å². The molecule has 20 heavy (non-hydrogen) atoms. The van der Waals surface area contributed by atoms with Crippen LogP contribution in [-0.2, 0) is 4.79 Å². The molecule has 0 heterocycles. The Labute approximate surface area is 118 Å². The molecule has 0 unspecified atom stereocenters. The van der Waals surface area contributed by atoms with Crippen LogP contribution in [0.2, 0.25) is 0 Å². The molecule has 1 saturated carbocycles. The van der Waals surface area contributed by atoms with Crippen molar-refractivity contribution in [3.8, 4) is 5.75 Å². The normalized spacial score (nSPS) is 24.9. The number of hydrogen-bond donors (Lipinski definition) is 2. The summed E-state index contributed by atoms with van der Waals surface area (Å²) in [5.74, 6) is 0.104. The van der Waals surface area contributed by atoms with Crippen molar-refractivity contribution in [2.45, 2.75) is 26.7 Å². The van der Waals surface area contributed by atoms with Gasteiger partial charge in [0.1, 0.15) is 0 Å². The zero-order valence-electron chi connectivity index (χ0n) is 11.9. The van der Waals surface area contributed by atoms with Crippen LogP contribution in [0.15, 0.2) is 18.2 Å². The van der Waals surface area contributed by atoms with Crippen molar-refractivity contribution >= 4 is 11.6 Å². The molecule has 0 saturated heterocycles. The highest BCUT2D eigenvalue weighted by molar-refractivity contribution is 5.96. The second-order valence-corrected chi connectivity index (χ2v) is 5.53. The fourth-order valence-electron chi connectivity index (χ4n) is 2.83. The largest absolute Gasteiger partial charge is 0.491 e. The maximum Gasteiger partial charge on any atom is 0.231 e. The van der Waals surface area contributed by atoms with E-state index in [1.165, 1.54) is 12.1 Å². The molecule has 0 atom stereocenters. The van der Waals surface area contributed by atoms with Gasteiger partial charge in [0.2, 0.25) is 5.91 Å². The molecule has 4 nitrogen and oxygen atoms in total. The van der Waals surface area contributed by atoms with Crippen LogP contribution in [-0.4, -0.2) is 19.1 Å². The summed E-state index contributed by atoms with van der Waals surface area (Å²) < 4.78 is 18.8. The number of anilines is 1. The highest BCUT2D eigenvalue weighted by Crippen LogP contribution is 2.45. The van der Waals surface area contributed by atoms with Crippen LogP contribution in [0, 0.1) is 17.2 Å². The third kappa shape index (κ3) is 2.77. The van der Waals surface area contributed by atoms with Crippen LogP contribution in [0.25, 0.3) is 0 Å². The molecular formula is C15H21FN2O2. The standard InChI is InChI=1S/C15H21FN2O2/c1-3-20-13-5-4-11(6-12(13)16)18-14(19)15(9-17)7-10(2)8-15/h4-6,10H,3,7-9,17H2,1-2H3,(H,18,19). The zero-order valence-corrected chi connectivity index (χ0v) is 11.9. The van der Waals surface area contributed by atoms with Gasteiger partial charge in [-0.25, -0.2) is 4.39 Å². The van der Waals surface area contributed by atoms with Crippen LogP contribution in [0.4, 0.5) is 10.1 Å². The molecule has 1 amide bonds. The number of nitrogens with two attached hydrogens (primary N) is 1. The number of carbonyl (C=O) groups excluding carboxylic acids is 1. The smallest absolute Gasteiger partial charge is 0.231 e. The maximum absolute atomic E-state index is 13.7. The quantitative estimate of drug-likeness (QED) is 0.871. The van der Waals surface area contributed by atoms with Gasteiger partial charge >= 0.3 is 0 Å². The summed E-state index contributed by atoms with van der Waals surface area (Å²) in [6.45, 7) is 4.61. The molecule has 2 rings (SSSR count). The lowest BCUT2D eigenvalue weighted by molar-refractivity contribution is -0.132. The molecule has 0 radical (unpaired) electrons. The number of rotatable bonds is 5. The van der Waals surface area contributed by atoms with Gasteiger partial charge in [-0.2, -0.15) is 0 Å². The van der Waals surface area contributed by atoms with Crippen molar-refractivity contribution in [2.75, 3.05) is 18.5 Å². The molecule has 3 N–H and O–H groups in total. The topological polar surface area (TPSA) is 64.3 Å². The van der Waals surface area contributed by atoms with E-state index < -0.39 is 11.2 Å². The van der Waals surface area contributed by atoms with Crippen LogP contribution in [0.3, 0.4) is 0 Å². The van der Waals surface area contributed by atoms with Gasteiger partial charge in [-0.1, -0.05) is 6.92 Å². The van der Waals surface area contributed by atoms with Gasteiger partial charge in [0, 0.05) is 18.3 Å². The van der Waals surface area contributed by atoms with Crippen LogP contribution in [0.5, 0.6) is 5.75 Å². The lowest BCUT2D eigenvalue weighted by Gasteiger charge is -2.44. The molecule has 1 fully saturated rings. The second kappa shape index (κ2) is 5.79. The van der Waals surface area contributed by atoms with Gasteiger partial charge in [-0.3, -0.25) is 4.79 Å². The average molecular weight is 280 g/mol. The van der Waals surface area contributed by atoms with E-state index in [0.717, 1.165) is 12.8 Å². The number of carbonyl (C=O) groups is 1. The summed E-state index contributed by atoms with van der Waals surface area (Å²) in [5.41, 5.74) is 5.67. The highest BCUT2D eigenvalue weighted by atomic mass is 19.1. The van der Waals surface area contributed by atoms with E-state index in [-0.39, 0.29) is 11.7 Å². The third-order valence-electron chi connectivity index (χ3n) is 3.84. The Morgan fingerprint density at radius 3 is 2.75 bits per heavy atom. The van der Waals surface area contributed by atoms with Gasteiger partial charge < -0.3 is 15.8 Å². The fourth-order valence-corrected chi connectivity index (χ4v) is 2.83. The maximum atomic E-state index is 13.7. The molecule has 1 aliphatic carbocycles. The number of ether oxygens (including phenoxy) is 1. The molecule has 0 spiro atoms. The van der Waals surface area contributed by atoms with Crippen molar-refractivity contribution in [2.24, 2.45) is 17.1 Å². The fraction of sp³-hybridized carbons (Fsp3) is 0.533. The van der Waals surface area contributed by atoms with Crippen molar-refractivity contribution in [1.29, 1.82) is 0 Å². The lowest BCUT2D eigenvalue weighted by Crippen LogP contribution is -2.51. The van der Waals surface area contributed by atoms with Crippen molar-refractivity contribution in [3.63, 3.8) is 0 Å². The van der Waals surface area contributed by atoms with Crippen LogP contribution < -0.4 is 15.8 Å². The molecule has 1 aromatic rings. The van der Waals surface area contributed by atoms with Crippen molar-refractivity contribution in [1.82, 2.24) is 0 Å². The summed E-state index contributed by atoms with van der Waals surface area (Å²) in [7, 11) is 0. The minimum atomic E-state index is -0.492. The van der Waals surface area contributed by atoms with Crippen molar-refractivity contribution in [3.05, 3.63) is 24.0 Å². The molecule has 0 aromatic heterocycles. The average Bonchev–Trinajstić information content (AvgIpc) is 2.38.